The van der Waals surface area contributed by atoms with Crippen molar-refractivity contribution in [1.82, 2.24) is 20.5 Å². The Labute approximate surface area is 173 Å². The topological polar surface area (TPSA) is 98.4 Å². The molecule has 2 aromatic carbocycles. The van der Waals surface area contributed by atoms with Crippen LogP contribution in [0.15, 0.2) is 47.9 Å². The van der Waals surface area contributed by atoms with E-state index in [0.29, 0.717) is 29.4 Å². The summed E-state index contributed by atoms with van der Waals surface area (Å²) in [4.78, 5) is 16.6. The number of carbonyl (C=O) groups is 1. The zero-order chi connectivity index (χ0) is 20.6. The lowest BCUT2D eigenvalue weighted by atomic mass is 10.1. The van der Waals surface area contributed by atoms with Gasteiger partial charge in [-0.3, -0.25) is 9.89 Å². The van der Waals surface area contributed by atoms with Gasteiger partial charge in [0.25, 0.3) is 5.91 Å². The molecule has 0 unspecified atom stereocenters. The molecule has 1 heterocycles. The lowest BCUT2D eigenvalue weighted by molar-refractivity contribution is 0.0950. The van der Waals surface area contributed by atoms with Crippen molar-refractivity contribution in [2.75, 3.05) is 21.3 Å². The first kappa shape index (κ1) is 20.5. The van der Waals surface area contributed by atoms with Crippen molar-refractivity contribution in [2.24, 2.45) is 0 Å². The highest BCUT2D eigenvalue weighted by molar-refractivity contribution is 7.98. The second-order valence-electron chi connectivity index (χ2n) is 5.98. The van der Waals surface area contributed by atoms with E-state index in [-0.39, 0.29) is 5.91 Å². The van der Waals surface area contributed by atoms with Crippen LogP contribution in [-0.4, -0.2) is 42.4 Å². The number of carbonyl (C=O) groups excluding carboxylic acids is 1. The molecular weight excluding hydrogens is 392 g/mol. The molecule has 2 N–H and O–H groups in total. The number of benzene rings is 2. The van der Waals surface area contributed by atoms with Crippen molar-refractivity contribution >= 4 is 17.7 Å². The van der Waals surface area contributed by atoms with Gasteiger partial charge in [0.15, 0.2) is 16.7 Å². The molecule has 0 saturated heterocycles. The molecule has 3 rings (SSSR count). The maximum Gasteiger partial charge on any atom is 0.251 e. The fourth-order valence-corrected chi connectivity index (χ4v) is 3.41. The van der Waals surface area contributed by atoms with Gasteiger partial charge in [-0.25, -0.2) is 4.98 Å². The number of aromatic nitrogens is 3. The third kappa shape index (κ3) is 5.20. The Balaban J connectivity index is 1.61. The molecule has 29 heavy (non-hydrogen) atoms. The van der Waals surface area contributed by atoms with Crippen molar-refractivity contribution in [1.29, 1.82) is 0 Å². The van der Waals surface area contributed by atoms with Crippen molar-refractivity contribution in [3.63, 3.8) is 0 Å². The van der Waals surface area contributed by atoms with E-state index in [1.807, 2.05) is 12.1 Å². The van der Waals surface area contributed by atoms with Crippen molar-refractivity contribution < 1.29 is 19.0 Å². The Bertz CT molecular complexity index is 946. The molecule has 0 radical (unpaired) electrons. The highest BCUT2D eigenvalue weighted by Crippen LogP contribution is 2.34. The Morgan fingerprint density at radius 1 is 1.03 bits per heavy atom. The van der Waals surface area contributed by atoms with Gasteiger partial charge >= 0.3 is 0 Å². The average Bonchev–Trinajstić information content (AvgIpc) is 3.29. The zero-order valence-electron chi connectivity index (χ0n) is 16.4. The maximum atomic E-state index is 12.5. The van der Waals surface area contributed by atoms with E-state index in [0.717, 1.165) is 22.0 Å². The van der Waals surface area contributed by atoms with Crippen LogP contribution < -0.4 is 19.5 Å². The van der Waals surface area contributed by atoms with Gasteiger partial charge in [-0.2, -0.15) is 5.10 Å². The smallest absolute Gasteiger partial charge is 0.251 e. The number of methoxy groups -OCH3 is 3. The number of thioether (sulfide) groups is 1. The van der Waals surface area contributed by atoms with Crippen LogP contribution in [0.4, 0.5) is 0 Å². The lowest BCUT2D eigenvalue weighted by Gasteiger charge is -2.14. The number of hydrogen-bond acceptors (Lipinski definition) is 7. The first-order valence-corrected chi connectivity index (χ1v) is 9.77. The number of aromatic amines is 1. The predicted molar refractivity (Wildman–Crippen MR) is 110 cm³/mol. The monoisotopic (exact) mass is 414 g/mol. The third-order valence-corrected chi connectivity index (χ3v) is 5.16. The molecular formula is C20H22N4O4S. The molecule has 0 bridgehead atoms. The van der Waals surface area contributed by atoms with Crippen LogP contribution in [0.2, 0.25) is 0 Å². The number of nitrogens with zero attached hydrogens (tertiary/aromatic N) is 2. The van der Waals surface area contributed by atoms with Gasteiger partial charge in [0.1, 0.15) is 12.1 Å². The molecule has 0 aliphatic heterocycles. The first-order chi connectivity index (χ1) is 14.1. The summed E-state index contributed by atoms with van der Waals surface area (Å²) in [6.07, 6.45) is 1.48. The molecule has 0 fully saturated rings. The van der Waals surface area contributed by atoms with E-state index in [4.69, 9.17) is 14.2 Å². The highest BCUT2D eigenvalue weighted by atomic mass is 32.2. The first-order valence-electron chi connectivity index (χ1n) is 8.78. The average molecular weight is 414 g/mol. The SMILES string of the molecule is COc1cc(OC)c(OC)cc1CNC(=O)c1ccc(CSc2ncn[nH]2)cc1. The number of H-pyrrole nitrogens is 1. The molecule has 3 aromatic rings. The predicted octanol–water partition coefficient (Wildman–Crippen LogP) is 3.05. The molecule has 0 atom stereocenters. The van der Waals surface area contributed by atoms with Crippen molar-refractivity contribution in [2.45, 2.75) is 17.5 Å². The van der Waals surface area contributed by atoms with E-state index in [2.05, 4.69) is 20.5 Å². The summed E-state index contributed by atoms with van der Waals surface area (Å²) in [5, 5.41) is 10.3. The summed E-state index contributed by atoms with van der Waals surface area (Å²) in [5.74, 6) is 2.32. The van der Waals surface area contributed by atoms with E-state index < -0.39 is 0 Å². The van der Waals surface area contributed by atoms with E-state index in [9.17, 15) is 4.79 Å². The molecule has 9 heteroatoms. The Kier molecular flexibility index (Phi) is 6.96. The summed E-state index contributed by atoms with van der Waals surface area (Å²) in [6.45, 7) is 0.297. The maximum absolute atomic E-state index is 12.5. The number of hydrogen-bond donors (Lipinski definition) is 2. The number of rotatable bonds is 9. The van der Waals surface area contributed by atoms with Crippen LogP contribution in [0.5, 0.6) is 17.2 Å². The molecule has 8 nitrogen and oxygen atoms in total. The van der Waals surface area contributed by atoms with Gasteiger partial charge in [0, 0.05) is 29.5 Å². The quantitative estimate of drug-likeness (QED) is 0.519. The highest BCUT2D eigenvalue weighted by Gasteiger charge is 2.13. The van der Waals surface area contributed by atoms with Crippen molar-refractivity contribution in [3.8, 4) is 17.2 Å². The minimum Gasteiger partial charge on any atom is -0.496 e. The standard InChI is InChI=1S/C20H22N4O4S/c1-26-16-9-18(28-3)17(27-2)8-15(16)10-21-19(25)14-6-4-13(5-7-14)11-29-20-22-12-23-24-20/h4-9,12H,10-11H2,1-3H3,(H,21,25)(H,22,23,24). The van der Waals surface area contributed by atoms with Crippen LogP contribution in [-0.2, 0) is 12.3 Å². The number of ether oxygens (including phenoxy) is 3. The molecule has 1 aromatic heterocycles. The van der Waals surface area contributed by atoms with Gasteiger partial charge in [-0.15, -0.1) is 0 Å². The minimum absolute atomic E-state index is 0.170. The van der Waals surface area contributed by atoms with Gasteiger partial charge < -0.3 is 19.5 Å². The summed E-state index contributed by atoms with van der Waals surface area (Å²) in [7, 11) is 4.70. The zero-order valence-corrected chi connectivity index (χ0v) is 17.2. The fraction of sp³-hybridized carbons (Fsp3) is 0.250. The normalized spacial score (nSPS) is 10.4. The van der Waals surface area contributed by atoms with E-state index in [1.165, 1.54) is 6.33 Å². The summed E-state index contributed by atoms with van der Waals surface area (Å²) in [5.41, 5.74) is 2.46. The summed E-state index contributed by atoms with van der Waals surface area (Å²) < 4.78 is 16.0. The summed E-state index contributed by atoms with van der Waals surface area (Å²) >= 11 is 1.55. The van der Waals surface area contributed by atoms with Gasteiger partial charge in [0.2, 0.25) is 0 Å². The minimum atomic E-state index is -0.170. The van der Waals surface area contributed by atoms with Gasteiger partial charge in [-0.05, 0) is 23.8 Å². The van der Waals surface area contributed by atoms with Crippen LogP contribution in [0.1, 0.15) is 21.5 Å². The fourth-order valence-electron chi connectivity index (χ4n) is 2.68. The Morgan fingerprint density at radius 2 is 1.72 bits per heavy atom. The third-order valence-electron chi connectivity index (χ3n) is 4.21. The van der Waals surface area contributed by atoms with Crippen LogP contribution >= 0.6 is 11.8 Å². The van der Waals surface area contributed by atoms with E-state index in [1.54, 1.807) is 57.4 Å². The number of nitrogens with one attached hydrogen (secondary N) is 2. The summed E-state index contributed by atoms with van der Waals surface area (Å²) in [6, 6.07) is 11.0. The molecule has 1 amide bonds. The molecule has 0 aliphatic carbocycles. The number of amides is 1. The Morgan fingerprint density at radius 3 is 2.34 bits per heavy atom. The molecule has 0 spiro atoms. The largest absolute Gasteiger partial charge is 0.496 e. The Hall–Kier alpha value is -3.20. The second-order valence-corrected chi connectivity index (χ2v) is 6.94. The second kappa shape index (κ2) is 9.83. The van der Waals surface area contributed by atoms with Crippen LogP contribution in [0, 0.1) is 0 Å². The lowest BCUT2D eigenvalue weighted by Crippen LogP contribution is -2.23. The van der Waals surface area contributed by atoms with Gasteiger partial charge in [0.05, 0.1) is 21.3 Å². The van der Waals surface area contributed by atoms with Crippen molar-refractivity contribution in [3.05, 3.63) is 59.4 Å². The van der Waals surface area contributed by atoms with Crippen LogP contribution in [0.3, 0.4) is 0 Å². The molecule has 152 valence electrons. The van der Waals surface area contributed by atoms with Crippen LogP contribution in [0.25, 0.3) is 0 Å². The van der Waals surface area contributed by atoms with E-state index >= 15 is 0 Å². The molecule has 0 aliphatic rings. The van der Waals surface area contributed by atoms with Gasteiger partial charge in [-0.1, -0.05) is 23.9 Å². The molecule has 0 saturated carbocycles.